The molecule has 2 atom stereocenters. The highest BCUT2D eigenvalue weighted by Crippen LogP contribution is 2.17. The van der Waals surface area contributed by atoms with Gasteiger partial charge in [-0.3, -0.25) is 9.59 Å². The lowest BCUT2D eigenvalue weighted by atomic mass is 9.98. The number of aliphatic hydroxyl groups excluding tert-OH is 2. The van der Waals surface area contributed by atoms with Crippen LogP contribution < -0.4 is 0 Å². The fourth-order valence-electron chi connectivity index (χ4n) is 1.48. The molecule has 0 aromatic carbocycles. The molecule has 112 valence electrons. The first-order valence-corrected chi connectivity index (χ1v) is 6.02. The lowest BCUT2D eigenvalue weighted by Crippen LogP contribution is -2.33. The van der Waals surface area contributed by atoms with E-state index in [1.807, 2.05) is 0 Å². The predicted molar refractivity (Wildman–Crippen MR) is 65.0 cm³/mol. The summed E-state index contributed by atoms with van der Waals surface area (Å²) in [7, 11) is 0. The molecule has 19 heavy (non-hydrogen) atoms. The monoisotopic (exact) mass is 278 g/mol. The smallest absolute Gasteiger partial charge is 0.316 e. The van der Waals surface area contributed by atoms with Gasteiger partial charge in [0.1, 0.15) is 0 Å². The van der Waals surface area contributed by atoms with Crippen LogP contribution in [-0.4, -0.2) is 56.8 Å². The van der Waals surface area contributed by atoms with E-state index in [4.69, 9.17) is 10.2 Å². The van der Waals surface area contributed by atoms with Crippen LogP contribution in [0.5, 0.6) is 0 Å². The fourth-order valence-corrected chi connectivity index (χ4v) is 1.48. The Morgan fingerprint density at radius 3 is 1.47 bits per heavy atom. The number of rotatable bonds is 8. The quantitative estimate of drug-likeness (QED) is 0.335. The molecule has 0 aliphatic heterocycles. The summed E-state index contributed by atoms with van der Waals surface area (Å²) in [5.41, 5.74) is -2.89. The molecule has 0 saturated carbocycles. The number of carbonyl (C=O) groups is 2. The van der Waals surface area contributed by atoms with Gasteiger partial charge in [-0.2, -0.15) is 0 Å². The minimum atomic E-state index is -1.44. The second-order valence-electron chi connectivity index (χ2n) is 5.14. The fraction of sp³-hybridized carbons (Fsp3) is 0.833. The van der Waals surface area contributed by atoms with E-state index in [-0.39, 0.29) is 26.1 Å². The first kappa shape index (κ1) is 18.0. The summed E-state index contributed by atoms with van der Waals surface area (Å²) in [6.07, 6.45) is -0.889. The molecule has 7 heteroatoms. The van der Waals surface area contributed by atoms with Crippen LogP contribution in [0.25, 0.3) is 0 Å². The van der Waals surface area contributed by atoms with Crippen LogP contribution >= 0.6 is 0 Å². The summed E-state index contributed by atoms with van der Waals surface area (Å²) in [5, 5.41) is 36.7. The van der Waals surface area contributed by atoms with Gasteiger partial charge in [-0.05, 0) is 26.7 Å². The zero-order valence-electron chi connectivity index (χ0n) is 11.3. The Kier molecular flexibility index (Phi) is 7.14. The molecule has 2 unspecified atom stereocenters. The second kappa shape index (κ2) is 7.54. The Balaban J connectivity index is 4.23. The van der Waals surface area contributed by atoms with Crippen molar-refractivity contribution in [3.63, 3.8) is 0 Å². The highest BCUT2D eigenvalue weighted by Gasteiger charge is 2.29. The van der Waals surface area contributed by atoms with Crippen LogP contribution in [0.15, 0.2) is 0 Å². The highest BCUT2D eigenvalue weighted by atomic mass is 16.6. The Hall–Kier alpha value is -1.02. The first-order valence-electron chi connectivity index (χ1n) is 6.02. The van der Waals surface area contributed by atoms with Gasteiger partial charge in [-0.15, -0.1) is 0 Å². The lowest BCUT2D eigenvalue weighted by molar-refractivity contribution is -0.165. The van der Waals surface area contributed by atoms with Crippen LogP contribution in [0.4, 0.5) is 0 Å². The second-order valence-corrected chi connectivity index (χ2v) is 5.14. The van der Waals surface area contributed by atoms with Crippen molar-refractivity contribution in [1.29, 1.82) is 0 Å². The van der Waals surface area contributed by atoms with Crippen molar-refractivity contribution in [1.82, 2.24) is 0 Å². The van der Waals surface area contributed by atoms with Crippen LogP contribution in [0, 0.1) is 0 Å². The van der Waals surface area contributed by atoms with E-state index < -0.39 is 36.0 Å². The number of esters is 2. The minimum Gasteiger partial charge on any atom is -0.396 e. The maximum atomic E-state index is 11.4. The Morgan fingerprint density at radius 1 is 0.895 bits per heavy atom. The molecular weight excluding hydrogens is 256 g/mol. The molecule has 0 rings (SSSR count). The first-order chi connectivity index (χ1) is 8.62. The van der Waals surface area contributed by atoms with Crippen molar-refractivity contribution < 1.29 is 34.8 Å². The Bertz CT molecular complexity index is 279. The molecule has 0 bridgehead atoms. The number of carbonyl (C=O) groups excluding carboxylic acids is 2. The average molecular weight is 278 g/mol. The predicted octanol–water partition coefficient (Wildman–Crippen LogP) is -0.897. The van der Waals surface area contributed by atoms with Crippen LogP contribution in [-0.2, 0) is 14.3 Å². The zero-order chi connectivity index (χ0) is 15.1. The molecule has 0 fully saturated rings. The van der Waals surface area contributed by atoms with Crippen LogP contribution in [0.1, 0.15) is 39.5 Å². The van der Waals surface area contributed by atoms with E-state index in [0.717, 1.165) is 0 Å². The molecule has 4 N–H and O–H groups in total. The normalized spacial score (nSPS) is 17.4. The van der Waals surface area contributed by atoms with Gasteiger partial charge in [0.15, 0.2) is 0 Å². The van der Waals surface area contributed by atoms with Gasteiger partial charge in [0, 0.05) is 13.2 Å². The van der Waals surface area contributed by atoms with E-state index in [1.54, 1.807) is 0 Å². The van der Waals surface area contributed by atoms with Gasteiger partial charge in [0.2, 0.25) is 0 Å². The minimum absolute atomic E-state index is 0.0154. The number of hydrogen-bond acceptors (Lipinski definition) is 7. The maximum absolute atomic E-state index is 11.4. The number of hydrogen-bond donors (Lipinski definition) is 4. The molecule has 0 heterocycles. The molecular formula is C12H22O7. The molecule has 0 saturated heterocycles. The maximum Gasteiger partial charge on any atom is 0.316 e. The zero-order valence-corrected chi connectivity index (χ0v) is 11.3. The third kappa shape index (κ3) is 8.66. The molecule has 0 aromatic rings. The molecule has 0 radical (unpaired) electrons. The molecule has 7 nitrogen and oxygen atoms in total. The summed E-state index contributed by atoms with van der Waals surface area (Å²) in [6.45, 7) is 2.10. The standard InChI is InChI=1S/C12H22O7/c1-11(17,3-5-13)7-9(15)19-10(16)8-12(2,18)4-6-14/h13-14,17-18H,3-8H2,1-2H3. The van der Waals surface area contributed by atoms with E-state index in [1.165, 1.54) is 13.8 Å². The van der Waals surface area contributed by atoms with E-state index >= 15 is 0 Å². The summed E-state index contributed by atoms with van der Waals surface area (Å²) in [6, 6.07) is 0. The third-order valence-electron chi connectivity index (χ3n) is 2.58. The van der Waals surface area contributed by atoms with E-state index in [0.29, 0.717) is 0 Å². The van der Waals surface area contributed by atoms with Crippen LogP contribution in [0.2, 0.25) is 0 Å². The molecule has 0 aliphatic rings. The number of ether oxygens (including phenoxy) is 1. The van der Waals surface area contributed by atoms with E-state index in [9.17, 15) is 19.8 Å². The van der Waals surface area contributed by atoms with Gasteiger partial charge in [0.05, 0.1) is 24.0 Å². The summed E-state index contributed by atoms with van der Waals surface area (Å²) >= 11 is 0. The lowest BCUT2D eigenvalue weighted by Gasteiger charge is -2.22. The Morgan fingerprint density at radius 2 is 1.21 bits per heavy atom. The van der Waals surface area contributed by atoms with Gasteiger partial charge < -0.3 is 25.2 Å². The van der Waals surface area contributed by atoms with Gasteiger partial charge in [0.25, 0.3) is 0 Å². The summed E-state index contributed by atoms with van der Waals surface area (Å²) in [4.78, 5) is 22.7. The molecule has 0 aliphatic carbocycles. The molecule has 0 spiro atoms. The number of aliphatic hydroxyl groups is 4. The van der Waals surface area contributed by atoms with Gasteiger partial charge >= 0.3 is 11.9 Å². The van der Waals surface area contributed by atoms with Crippen molar-refractivity contribution in [2.45, 2.75) is 50.7 Å². The van der Waals surface area contributed by atoms with Gasteiger partial charge in [-0.1, -0.05) is 0 Å². The van der Waals surface area contributed by atoms with Crippen molar-refractivity contribution in [3.8, 4) is 0 Å². The van der Waals surface area contributed by atoms with Crippen molar-refractivity contribution in [2.75, 3.05) is 13.2 Å². The summed E-state index contributed by atoms with van der Waals surface area (Å²) in [5.74, 6) is -1.86. The Labute approximate surface area is 111 Å². The van der Waals surface area contributed by atoms with Crippen molar-refractivity contribution >= 4 is 11.9 Å². The van der Waals surface area contributed by atoms with Crippen molar-refractivity contribution in [3.05, 3.63) is 0 Å². The van der Waals surface area contributed by atoms with Gasteiger partial charge in [-0.25, -0.2) is 0 Å². The van der Waals surface area contributed by atoms with E-state index in [2.05, 4.69) is 4.74 Å². The molecule has 0 amide bonds. The van der Waals surface area contributed by atoms with Crippen LogP contribution in [0.3, 0.4) is 0 Å². The largest absolute Gasteiger partial charge is 0.396 e. The van der Waals surface area contributed by atoms with Crippen molar-refractivity contribution in [2.24, 2.45) is 0 Å². The summed E-state index contributed by atoms with van der Waals surface area (Å²) < 4.78 is 4.45. The highest BCUT2D eigenvalue weighted by molar-refractivity contribution is 5.86. The average Bonchev–Trinajstić information content (AvgIpc) is 2.13. The third-order valence-corrected chi connectivity index (χ3v) is 2.58. The molecule has 0 aromatic heterocycles. The topological polar surface area (TPSA) is 124 Å². The SMILES string of the molecule is CC(O)(CCO)CC(=O)OC(=O)CC(C)(O)CCO.